The summed E-state index contributed by atoms with van der Waals surface area (Å²) in [7, 11) is 0. The van der Waals surface area contributed by atoms with Gasteiger partial charge in [-0.25, -0.2) is 9.97 Å². The number of carbonyl (C=O) groups excluding carboxylic acids is 1. The standard InChI is InChI=1S/C21H24N4O2/c1-3-14-11-17(18(26)13(14)2)25-10-9-16-19(22-12-23-20(16)25)24-21(27)15-7-5-4-6-8-15/h4-10,12-14,17-18,26H,3,11H2,1-2H3,(H,22,23,24,27). The number of aliphatic hydroxyl groups is 1. The number of nitrogens with one attached hydrogen (secondary N) is 1. The minimum Gasteiger partial charge on any atom is -0.391 e. The first-order valence-corrected chi connectivity index (χ1v) is 9.46. The van der Waals surface area contributed by atoms with Crippen LogP contribution in [0.25, 0.3) is 11.0 Å². The Labute approximate surface area is 158 Å². The number of carbonyl (C=O) groups is 1. The predicted molar refractivity (Wildman–Crippen MR) is 105 cm³/mol. The topological polar surface area (TPSA) is 80.0 Å². The van der Waals surface area contributed by atoms with E-state index in [-0.39, 0.29) is 17.9 Å². The van der Waals surface area contributed by atoms with Crippen molar-refractivity contribution in [2.24, 2.45) is 11.8 Å². The maximum atomic E-state index is 12.5. The van der Waals surface area contributed by atoms with Gasteiger partial charge in [0.15, 0.2) is 0 Å². The van der Waals surface area contributed by atoms with E-state index in [4.69, 9.17) is 0 Å². The van der Waals surface area contributed by atoms with Crippen LogP contribution in [0.5, 0.6) is 0 Å². The Morgan fingerprint density at radius 3 is 2.74 bits per heavy atom. The molecule has 4 unspecified atom stereocenters. The number of aromatic nitrogens is 3. The van der Waals surface area contributed by atoms with E-state index < -0.39 is 6.10 Å². The quantitative estimate of drug-likeness (QED) is 0.740. The van der Waals surface area contributed by atoms with Gasteiger partial charge in [-0.3, -0.25) is 4.79 Å². The van der Waals surface area contributed by atoms with Gasteiger partial charge in [0, 0.05) is 11.8 Å². The number of amides is 1. The molecule has 6 heteroatoms. The molecule has 4 rings (SSSR count). The van der Waals surface area contributed by atoms with Gasteiger partial charge in [-0.1, -0.05) is 38.5 Å². The van der Waals surface area contributed by atoms with Gasteiger partial charge in [-0.05, 0) is 36.5 Å². The summed E-state index contributed by atoms with van der Waals surface area (Å²) < 4.78 is 2.03. The highest BCUT2D eigenvalue weighted by molar-refractivity contribution is 6.07. The second-order valence-corrected chi connectivity index (χ2v) is 7.32. The van der Waals surface area contributed by atoms with Crippen molar-refractivity contribution >= 4 is 22.8 Å². The number of hydrogen-bond acceptors (Lipinski definition) is 4. The van der Waals surface area contributed by atoms with Crippen molar-refractivity contribution in [3.05, 3.63) is 54.5 Å². The molecule has 1 fully saturated rings. The Morgan fingerprint density at radius 2 is 2.04 bits per heavy atom. The zero-order valence-electron chi connectivity index (χ0n) is 15.5. The van der Waals surface area contributed by atoms with Gasteiger partial charge in [0.25, 0.3) is 5.91 Å². The third-order valence-electron chi connectivity index (χ3n) is 5.88. The Morgan fingerprint density at radius 1 is 1.26 bits per heavy atom. The summed E-state index contributed by atoms with van der Waals surface area (Å²) in [5.41, 5.74) is 1.32. The number of fused-ring (bicyclic) bond motifs is 1. The maximum absolute atomic E-state index is 12.5. The average Bonchev–Trinajstić information content (AvgIpc) is 3.25. The molecule has 6 nitrogen and oxygen atoms in total. The SMILES string of the molecule is CCC1CC(n2ccc3c(NC(=O)c4ccccc4)ncnc32)C(O)C1C. The highest BCUT2D eigenvalue weighted by Crippen LogP contribution is 2.42. The highest BCUT2D eigenvalue weighted by Gasteiger charge is 2.40. The average molecular weight is 364 g/mol. The molecule has 0 radical (unpaired) electrons. The minimum absolute atomic E-state index is 0.00461. The van der Waals surface area contributed by atoms with Crippen molar-refractivity contribution in [3.63, 3.8) is 0 Å². The Hall–Kier alpha value is -2.73. The lowest BCUT2D eigenvalue weighted by Gasteiger charge is -2.19. The first-order valence-electron chi connectivity index (χ1n) is 9.46. The number of rotatable bonds is 4. The predicted octanol–water partition coefficient (Wildman–Crippen LogP) is 3.65. The van der Waals surface area contributed by atoms with Crippen LogP contribution in [0.3, 0.4) is 0 Å². The van der Waals surface area contributed by atoms with Gasteiger partial charge in [-0.2, -0.15) is 0 Å². The summed E-state index contributed by atoms with van der Waals surface area (Å²) in [6, 6.07) is 11.0. The Balaban J connectivity index is 1.65. The van der Waals surface area contributed by atoms with Crippen LogP contribution in [-0.2, 0) is 0 Å². The Bertz CT molecular complexity index is 953. The van der Waals surface area contributed by atoms with E-state index in [0.29, 0.717) is 17.3 Å². The maximum Gasteiger partial charge on any atom is 0.256 e. The van der Waals surface area contributed by atoms with Crippen LogP contribution in [0.15, 0.2) is 48.9 Å². The lowest BCUT2D eigenvalue weighted by molar-refractivity contribution is 0.0953. The van der Waals surface area contributed by atoms with E-state index in [2.05, 4.69) is 29.1 Å². The smallest absolute Gasteiger partial charge is 0.256 e. The van der Waals surface area contributed by atoms with Gasteiger partial charge >= 0.3 is 0 Å². The van der Waals surface area contributed by atoms with Crippen LogP contribution >= 0.6 is 0 Å². The monoisotopic (exact) mass is 364 g/mol. The number of aliphatic hydroxyl groups excluding tert-OH is 1. The molecule has 1 saturated carbocycles. The number of benzene rings is 1. The van der Waals surface area contributed by atoms with E-state index >= 15 is 0 Å². The van der Waals surface area contributed by atoms with E-state index in [9.17, 15) is 9.90 Å². The molecule has 3 aromatic rings. The highest BCUT2D eigenvalue weighted by atomic mass is 16.3. The first kappa shape index (κ1) is 17.7. The van der Waals surface area contributed by atoms with E-state index in [1.807, 2.05) is 35.0 Å². The van der Waals surface area contributed by atoms with Crippen molar-refractivity contribution in [3.8, 4) is 0 Å². The zero-order chi connectivity index (χ0) is 19.0. The molecule has 0 saturated heterocycles. The summed E-state index contributed by atoms with van der Waals surface area (Å²) in [5, 5.41) is 14.4. The van der Waals surface area contributed by atoms with Gasteiger partial charge in [-0.15, -0.1) is 0 Å². The van der Waals surface area contributed by atoms with E-state index in [1.54, 1.807) is 12.1 Å². The molecule has 140 valence electrons. The first-order chi connectivity index (χ1) is 13.1. The van der Waals surface area contributed by atoms with Gasteiger partial charge in [0.2, 0.25) is 0 Å². The molecule has 0 bridgehead atoms. The normalized spacial score (nSPS) is 25.0. The van der Waals surface area contributed by atoms with Crippen molar-refractivity contribution in [1.29, 1.82) is 0 Å². The summed E-state index contributed by atoms with van der Waals surface area (Å²) >= 11 is 0. The molecular formula is C21H24N4O2. The zero-order valence-corrected chi connectivity index (χ0v) is 15.5. The van der Waals surface area contributed by atoms with Crippen molar-refractivity contribution in [1.82, 2.24) is 14.5 Å². The molecule has 1 aromatic carbocycles. The van der Waals surface area contributed by atoms with Crippen LogP contribution in [0.1, 0.15) is 43.1 Å². The van der Waals surface area contributed by atoms with Crippen molar-refractivity contribution in [2.45, 2.75) is 38.8 Å². The molecule has 2 aromatic heterocycles. The van der Waals surface area contributed by atoms with Crippen LogP contribution in [0, 0.1) is 11.8 Å². The molecule has 2 N–H and O–H groups in total. The van der Waals surface area contributed by atoms with Crippen LogP contribution in [0.2, 0.25) is 0 Å². The van der Waals surface area contributed by atoms with Crippen LogP contribution < -0.4 is 5.32 Å². The van der Waals surface area contributed by atoms with Crippen LogP contribution in [0.4, 0.5) is 5.82 Å². The number of nitrogens with zero attached hydrogens (tertiary/aromatic N) is 3. The van der Waals surface area contributed by atoms with Gasteiger partial charge in [0.1, 0.15) is 17.8 Å². The molecule has 4 atom stereocenters. The molecule has 0 aliphatic heterocycles. The van der Waals surface area contributed by atoms with Gasteiger partial charge < -0.3 is 15.0 Å². The van der Waals surface area contributed by atoms with E-state index in [0.717, 1.165) is 23.9 Å². The molecule has 2 heterocycles. The summed E-state index contributed by atoms with van der Waals surface area (Å²) in [5.74, 6) is 1.04. The number of hydrogen-bond donors (Lipinski definition) is 2. The van der Waals surface area contributed by atoms with Crippen molar-refractivity contribution < 1.29 is 9.90 Å². The Kier molecular flexibility index (Phi) is 4.66. The van der Waals surface area contributed by atoms with E-state index in [1.165, 1.54) is 6.33 Å². The summed E-state index contributed by atoms with van der Waals surface area (Å²) in [4.78, 5) is 21.2. The summed E-state index contributed by atoms with van der Waals surface area (Å²) in [6.07, 6.45) is 4.99. The lowest BCUT2D eigenvalue weighted by Crippen LogP contribution is -2.23. The lowest BCUT2D eigenvalue weighted by atomic mass is 9.95. The fourth-order valence-electron chi connectivity index (χ4n) is 4.22. The summed E-state index contributed by atoms with van der Waals surface area (Å²) in [6.45, 7) is 4.29. The second kappa shape index (κ2) is 7.12. The second-order valence-electron chi connectivity index (χ2n) is 7.32. The van der Waals surface area contributed by atoms with Gasteiger partial charge in [0.05, 0.1) is 17.5 Å². The minimum atomic E-state index is -0.400. The van der Waals surface area contributed by atoms with Crippen LogP contribution in [-0.4, -0.2) is 31.7 Å². The molecular weight excluding hydrogens is 340 g/mol. The number of anilines is 1. The fourth-order valence-corrected chi connectivity index (χ4v) is 4.22. The third-order valence-corrected chi connectivity index (χ3v) is 5.88. The molecule has 1 aliphatic carbocycles. The molecule has 27 heavy (non-hydrogen) atoms. The molecule has 1 aliphatic rings. The third kappa shape index (κ3) is 3.10. The molecule has 1 amide bonds. The molecule has 0 spiro atoms. The largest absolute Gasteiger partial charge is 0.391 e. The van der Waals surface area contributed by atoms with Crippen molar-refractivity contribution in [2.75, 3.05) is 5.32 Å². The fraction of sp³-hybridized carbons (Fsp3) is 0.381.